The summed E-state index contributed by atoms with van der Waals surface area (Å²) in [7, 11) is 0. The molecular formula is C14H21ClFN. The molecule has 0 saturated heterocycles. The summed E-state index contributed by atoms with van der Waals surface area (Å²) in [5, 5.41) is 3.60. The van der Waals surface area contributed by atoms with Crippen LogP contribution in [0.5, 0.6) is 0 Å². The molecule has 0 saturated carbocycles. The van der Waals surface area contributed by atoms with Crippen LogP contribution in [0.15, 0.2) is 18.2 Å². The average molecular weight is 258 g/mol. The zero-order chi connectivity index (χ0) is 12.8. The van der Waals surface area contributed by atoms with E-state index < -0.39 is 0 Å². The van der Waals surface area contributed by atoms with Crippen LogP contribution < -0.4 is 5.32 Å². The van der Waals surface area contributed by atoms with Gasteiger partial charge in [-0.3, -0.25) is 0 Å². The molecule has 1 aromatic carbocycles. The lowest BCUT2D eigenvalue weighted by Gasteiger charge is -2.14. The predicted molar refractivity (Wildman–Crippen MR) is 72.0 cm³/mol. The van der Waals surface area contributed by atoms with Gasteiger partial charge in [0.2, 0.25) is 0 Å². The molecule has 1 aromatic rings. The zero-order valence-electron chi connectivity index (χ0n) is 10.8. The first-order valence-corrected chi connectivity index (χ1v) is 6.51. The first-order valence-electron chi connectivity index (χ1n) is 6.13. The van der Waals surface area contributed by atoms with E-state index in [-0.39, 0.29) is 10.8 Å². The van der Waals surface area contributed by atoms with Gasteiger partial charge < -0.3 is 5.32 Å². The maximum Gasteiger partial charge on any atom is 0.142 e. The van der Waals surface area contributed by atoms with E-state index in [4.69, 9.17) is 11.6 Å². The summed E-state index contributed by atoms with van der Waals surface area (Å²) in [4.78, 5) is 0. The SMILES string of the molecule is CC(C)CNCC(C)Cc1ccc(Cl)c(F)c1. The van der Waals surface area contributed by atoms with E-state index in [1.165, 1.54) is 6.07 Å². The average Bonchev–Trinajstić information content (AvgIpc) is 2.23. The highest BCUT2D eigenvalue weighted by Gasteiger charge is 2.06. The van der Waals surface area contributed by atoms with Crippen LogP contribution in [-0.2, 0) is 6.42 Å². The van der Waals surface area contributed by atoms with Crippen LogP contribution in [0.25, 0.3) is 0 Å². The molecule has 0 aliphatic rings. The Hall–Kier alpha value is -0.600. The van der Waals surface area contributed by atoms with Crippen molar-refractivity contribution < 1.29 is 4.39 Å². The summed E-state index contributed by atoms with van der Waals surface area (Å²) in [5.74, 6) is 0.830. The lowest BCUT2D eigenvalue weighted by atomic mass is 10.0. The smallest absolute Gasteiger partial charge is 0.142 e. The lowest BCUT2D eigenvalue weighted by molar-refractivity contribution is 0.473. The Kier molecular flexibility index (Phi) is 5.93. The van der Waals surface area contributed by atoms with E-state index in [2.05, 4.69) is 26.1 Å². The van der Waals surface area contributed by atoms with Crippen molar-refractivity contribution in [2.24, 2.45) is 11.8 Å². The van der Waals surface area contributed by atoms with Gasteiger partial charge in [0, 0.05) is 0 Å². The molecule has 1 unspecified atom stereocenters. The largest absolute Gasteiger partial charge is 0.316 e. The Balaban J connectivity index is 2.39. The van der Waals surface area contributed by atoms with Gasteiger partial charge in [0.1, 0.15) is 5.82 Å². The molecule has 1 nitrogen and oxygen atoms in total. The number of hydrogen-bond donors (Lipinski definition) is 1. The summed E-state index contributed by atoms with van der Waals surface area (Å²) in [6.07, 6.45) is 0.874. The Bertz CT molecular complexity index is 352. The maximum absolute atomic E-state index is 13.2. The van der Waals surface area contributed by atoms with Gasteiger partial charge in [-0.15, -0.1) is 0 Å². The van der Waals surface area contributed by atoms with Crippen LogP contribution in [0, 0.1) is 17.7 Å². The predicted octanol–water partition coefficient (Wildman–Crippen LogP) is 3.90. The molecule has 0 aliphatic heterocycles. The Morgan fingerprint density at radius 1 is 1.24 bits per heavy atom. The van der Waals surface area contributed by atoms with Crippen molar-refractivity contribution in [3.05, 3.63) is 34.6 Å². The van der Waals surface area contributed by atoms with Crippen molar-refractivity contribution in [3.8, 4) is 0 Å². The third kappa shape index (κ3) is 5.51. The number of rotatable bonds is 6. The second-order valence-electron chi connectivity index (χ2n) is 5.11. The molecule has 0 bridgehead atoms. The molecular weight excluding hydrogens is 237 g/mol. The topological polar surface area (TPSA) is 12.0 Å². The van der Waals surface area contributed by atoms with Gasteiger partial charge in [-0.05, 0) is 49.0 Å². The highest BCUT2D eigenvalue weighted by atomic mass is 35.5. The summed E-state index contributed by atoms with van der Waals surface area (Å²) in [5.41, 5.74) is 1.01. The molecule has 0 heterocycles. The fourth-order valence-electron chi connectivity index (χ4n) is 1.76. The molecule has 0 fully saturated rings. The fraction of sp³-hybridized carbons (Fsp3) is 0.571. The summed E-state index contributed by atoms with van der Waals surface area (Å²) in [6, 6.07) is 5.05. The highest BCUT2D eigenvalue weighted by molar-refractivity contribution is 6.30. The van der Waals surface area contributed by atoms with Crippen LogP contribution in [-0.4, -0.2) is 13.1 Å². The Morgan fingerprint density at radius 3 is 2.53 bits per heavy atom. The summed E-state index contributed by atoms with van der Waals surface area (Å²) < 4.78 is 13.2. The van der Waals surface area contributed by atoms with Crippen LogP contribution in [0.3, 0.4) is 0 Å². The quantitative estimate of drug-likeness (QED) is 0.815. The first-order chi connectivity index (χ1) is 7.99. The van der Waals surface area contributed by atoms with Gasteiger partial charge in [0.25, 0.3) is 0 Å². The zero-order valence-corrected chi connectivity index (χ0v) is 11.5. The van der Waals surface area contributed by atoms with Crippen molar-refractivity contribution in [2.45, 2.75) is 27.2 Å². The van der Waals surface area contributed by atoms with Crippen molar-refractivity contribution in [2.75, 3.05) is 13.1 Å². The molecule has 3 heteroatoms. The minimum atomic E-state index is -0.327. The molecule has 0 aliphatic carbocycles. The van der Waals surface area contributed by atoms with Crippen LogP contribution in [0.4, 0.5) is 4.39 Å². The molecule has 96 valence electrons. The molecule has 0 radical (unpaired) electrons. The number of hydrogen-bond acceptors (Lipinski definition) is 1. The minimum Gasteiger partial charge on any atom is -0.316 e. The molecule has 1 atom stereocenters. The third-order valence-electron chi connectivity index (χ3n) is 2.61. The minimum absolute atomic E-state index is 0.194. The van der Waals surface area contributed by atoms with E-state index in [1.807, 2.05) is 6.07 Å². The van der Waals surface area contributed by atoms with Gasteiger partial charge in [0.05, 0.1) is 5.02 Å². The normalized spacial score (nSPS) is 13.1. The van der Waals surface area contributed by atoms with Gasteiger partial charge in [-0.2, -0.15) is 0 Å². The molecule has 1 N–H and O–H groups in total. The maximum atomic E-state index is 13.2. The van der Waals surface area contributed by atoms with Crippen LogP contribution >= 0.6 is 11.6 Å². The number of halogens is 2. The highest BCUT2D eigenvalue weighted by Crippen LogP contribution is 2.17. The number of nitrogens with one attached hydrogen (secondary N) is 1. The van der Waals surface area contributed by atoms with E-state index in [1.54, 1.807) is 6.07 Å². The van der Waals surface area contributed by atoms with E-state index in [0.29, 0.717) is 11.8 Å². The second-order valence-corrected chi connectivity index (χ2v) is 5.52. The molecule has 0 aromatic heterocycles. The van der Waals surface area contributed by atoms with E-state index in [0.717, 1.165) is 25.1 Å². The van der Waals surface area contributed by atoms with Crippen LogP contribution in [0.1, 0.15) is 26.3 Å². The van der Waals surface area contributed by atoms with Crippen molar-refractivity contribution >= 4 is 11.6 Å². The fourth-order valence-corrected chi connectivity index (χ4v) is 1.88. The van der Waals surface area contributed by atoms with E-state index in [9.17, 15) is 4.39 Å². The summed E-state index contributed by atoms with van der Waals surface area (Å²) >= 11 is 5.65. The third-order valence-corrected chi connectivity index (χ3v) is 2.92. The Morgan fingerprint density at radius 2 is 1.94 bits per heavy atom. The van der Waals surface area contributed by atoms with E-state index >= 15 is 0 Å². The van der Waals surface area contributed by atoms with Crippen molar-refractivity contribution in [1.82, 2.24) is 5.32 Å². The van der Waals surface area contributed by atoms with Gasteiger partial charge in [-0.1, -0.05) is 38.4 Å². The standard InChI is InChI=1S/C14H21ClFN/c1-10(2)8-17-9-11(3)6-12-4-5-13(15)14(16)7-12/h4-5,7,10-11,17H,6,8-9H2,1-3H3. The number of benzene rings is 1. The van der Waals surface area contributed by atoms with Crippen LogP contribution in [0.2, 0.25) is 5.02 Å². The monoisotopic (exact) mass is 257 g/mol. The molecule has 0 amide bonds. The van der Waals surface area contributed by atoms with Gasteiger partial charge in [0.15, 0.2) is 0 Å². The van der Waals surface area contributed by atoms with Crippen molar-refractivity contribution in [3.63, 3.8) is 0 Å². The molecule has 1 rings (SSSR count). The Labute approximate surface area is 108 Å². The van der Waals surface area contributed by atoms with Gasteiger partial charge in [-0.25, -0.2) is 4.39 Å². The van der Waals surface area contributed by atoms with Crippen molar-refractivity contribution in [1.29, 1.82) is 0 Å². The summed E-state index contributed by atoms with van der Waals surface area (Å²) in [6.45, 7) is 8.53. The molecule has 17 heavy (non-hydrogen) atoms. The molecule has 0 spiro atoms. The first kappa shape index (κ1) is 14.5. The lowest BCUT2D eigenvalue weighted by Crippen LogP contribution is -2.26. The second kappa shape index (κ2) is 6.97. The van der Waals surface area contributed by atoms with Gasteiger partial charge >= 0.3 is 0 Å².